The molecule has 0 fully saturated rings. The maximum absolute atomic E-state index is 5.87. The Hall–Kier alpha value is -2.36. The number of aromatic nitrogens is 2. The minimum absolute atomic E-state index is 0.688. The maximum atomic E-state index is 5.87. The van der Waals surface area contributed by atoms with Crippen molar-refractivity contribution in [3.05, 3.63) is 35.9 Å². The normalized spacial score (nSPS) is 11.1. The van der Waals surface area contributed by atoms with Crippen LogP contribution in [0.5, 0.6) is 0 Å². The molecule has 0 atom stereocenters. The van der Waals surface area contributed by atoms with Gasteiger partial charge in [0, 0.05) is 11.4 Å². The summed E-state index contributed by atoms with van der Waals surface area (Å²) in [5.74, 6) is 0. The summed E-state index contributed by atoms with van der Waals surface area (Å²) in [6, 6.07) is 9.27. The van der Waals surface area contributed by atoms with Crippen LogP contribution < -0.4 is 11.5 Å². The molecule has 0 aliphatic rings. The number of nitrogens with zero attached hydrogens (tertiary/aromatic N) is 2. The molecule has 4 N–H and O–H groups in total. The van der Waals surface area contributed by atoms with E-state index < -0.39 is 0 Å². The first-order chi connectivity index (χ1) is 8.15. The highest BCUT2D eigenvalue weighted by Gasteiger charge is 2.06. The first-order valence-corrected chi connectivity index (χ1v) is 5.37. The van der Waals surface area contributed by atoms with Gasteiger partial charge < -0.3 is 11.5 Å². The predicted molar refractivity (Wildman–Crippen MR) is 70.6 cm³/mol. The molecular weight excluding hydrogens is 212 g/mol. The largest absolute Gasteiger partial charge is 0.399 e. The van der Waals surface area contributed by atoms with Crippen molar-refractivity contribution in [3.8, 4) is 0 Å². The van der Waals surface area contributed by atoms with Crippen molar-refractivity contribution in [2.24, 2.45) is 0 Å². The van der Waals surface area contributed by atoms with Crippen LogP contribution in [0.1, 0.15) is 5.56 Å². The Morgan fingerprint density at radius 3 is 2.47 bits per heavy atom. The molecule has 1 aromatic heterocycles. The smallest absolute Gasteiger partial charge is 0.0944 e. The fourth-order valence-electron chi connectivity index (χ4n) is 1.91. The lowest BCUT2D eigenvalue weighted by atomic mass is 10.1. The highest BCUT2D eigenvalue weighted by Crippen LogP contribution is 2.23. The Morgan fingerprint density at radius 2 is 1.65 bits per heavy atom. The summed E-state index contributed by atoms with van der Waals surface area (Å²) in [7, 11) is 0. The number of aryl methyl sites for hydroxylation is 1. The Morgan fingerprint density at radius 1 is 0.882 bits per heavy atom. The van der Waals surface area contributed by atoms with Gasteiger partial charge >= 0.3 is 0 Å². The van der Waals surface area contributed by atoms with Gasteiger partial charge in [-0.1, -0.05) is 0 Å². The van der Waals surface area contributed by atoms with Gasteiger partial charge in [0.25, 0.3) is 0 Å². The summed E-state index contributed by atoms with van der Waals surface area (Å²) in [6.07, 6.45) is 0. The molecule has 0 amide bonds. The number of fused-ring (bicyclic) bond motifs is 2. The number of nitrogens with two attached hydrogens (primary N) is 2. The van der Waals surface area contributed by atoms with Gasteiger partial charge in [-0.05, 0) is 42.8 Å². The van der Waals surface area contributed by atoms with E-state index in [2.05, 4.69) is 9.97 Å². The molecule has 0 saturated carbocycles. The quantitative estimate of drug-likeness (QED) is 0.453. The molecule has 4 nitrogen and oxygen atoms in total. The zero-order valence-corrected chi connectivity index (χ0v) is 9.44. The first-order valence-electron chi connectivity index (χ1n) is 5.37. The SMILES string of the molecule is Cc1c(N)ccc2nc3ccc(N)cc3nc12. The van der Waals surface area contributed by atoms with E-state index in [9.17, 15) is 0 Å². The van der Waals surface area contributed by atoms with Gasteiger partial charge in [0.05, 0.1) is 22.1 Å². The Kier molecular flexibility index (Phi) is 1.92. The minimum Gasteiger partial charge on any atom is -0.399 e. The van der Waals surface area contributed by atoms with E-state index in [1.807, 2.05) is 37.3 Å². The van der Waals surface area contributed by atoms with Crippen LogP contribution >= 0.6 is 0 Å². The molecule has 0 aliphatic heterocycles. The Bertz CT molecular complexity index is 734. The summed E-state index contributed by atoms with van der Waals surface area (Å²) in [5.41, 5.74) is 17.3. The average molecular weight is 224 g/mol. The second-order valence-corrected chi connectivity index (χ2v) is 4.12. The van der Waals surface area contributed by atoms with Gasteiger partial charge in [0.15, 0.2) is 0 Å². The summed E-state index contributed by atoms with van der Waals surface area (Å²) >= 11 is 0. The van der Waals surface area contributed by atoms with Crippen molar-refractivity contribution < 1.29 is 0 Å². The van der Waals surface area contributed by atoms with Crippen molar-refractivity contribution in [1.82, 2.24) is 9.97 Å². The van der Waals surface area contributed by atoms with Gasteiger partial charge in [-0.3, -0.25) is 0 Å². The molecule has 0 radical (unpaired) electrons. The van der Waals surface area contributed by atoms with Gasteiger partial charge in [0.1, 0.15) is 0 Å². The third kappa shape index (κ3) is 1.45. The highest BCUT2D eigenvalue weighted by atomic mass is 14.8. The van der Waals surface area contributed by atoms with Gasteiger partial charge in [-0.25, -0.2) is 9.97 Å². The fraction of sp³-hybridized carbons (Fsp3) is 0.0769. The van der Waals surface area contributed by atoms with Gasteiger partial charge in [0.2, 0.25) is 0 Å². The van der Waals surface area contributed by atoms with Crippen LogP contribution in [0.3, 0.4) is 0 Å². The third-order valence-electron chi connectivity index (χ3n) is 2.92. The van der Waals surface area contributed by atoms with Gasteiger partial charge in [-0.2, -0.15) is 0 Å². The van der Waals surface area contributed by atoms with E-state index in [-0.39, 0.29) is 0 Å². The van der Waals surface area contributed by atoms with Crippen molar-refractivity contribution in [3.63, 3.8) is 0 Å². The first kappa shape index (κ1) is 9.84. The number of nitrogen functional groups attached to an aromatic ring is 2. The van der Waals surface area contributed by atoms with Crippen molar-refractivity contribution in [2.75, 3.05) is 11.5 Å². The molecular formula is C13H12N4. The van der Waals surface area contributed by atoms with Crippen LogP contribution in [0.4, 0.5) is 11.4 Å². The van der Waals surface area contributed by atoms with E-state index in [1.54, 1.807) is 0 Å². The molecule has 84 valence electrons. The molecule has 0 bridgehead atoms. The lowest BCUT2D eigenvalue weighted by Crippen LogP contribution is -1.95. The van der Waals surface area contributed by atoms with E-state index in [4.69, 9.17) is 11.5 Å². The number of hydrogen-bond acceptors (Lipinski definition) is 4. The second-order valence-electron chi connectivity index (χ2n) is 4.12. The molecule has 1 heterocycles. The van der Waals surface area contributed by atoms with E-state index in [1.165, 1.54) is 0 Å². The second kappa shape index (κ2) is 3.31. The minimum atomic E-state index is 0.688. The summed E-state index contributed by atoms with van der Waals surface area (Å²) in [4.78, 5) is 9.12. The van der Waals surface area contributed by atoms with Gasteiger partial charge in [-0.15, -0.1) is 0 Å². The summed E-state index contributed by atoms with van der Waals surface area (Å²) in [6.45, 7) is 1.95. The fourth-order valence-corrected chi connectivity index (χ4v) is 1.91. The van der Waals surface area contributed by atoms with E-state index in [0.29, 0.717) is 5.69 Å². The third-order valence-corrected chi connectivity index (χ3v) is 2.92. The Balaban J connectivity index is 2.48. The van der Waals surface area contributed by atoms with Crippen molar-refractivity contribution >= 4 is 33.4 Å². The molecule has 0 saturated heterocycles. The van der Waals surface area contributed by atoms with Crippen LogP contribution in [0.2, 0.25) is 0 Å². The van der Waals surface area contributed by atoms with Crippen molar-refractivity contribution in [2.45, 2.75) is 6.92 Å². The number of rotatable bonds is 0. The van der Waals surface area contributed by atoms with Crippen molar-refractivity contribution in [1.29, 1.82) is 0 Å². The lowest BCUT2D eigenvalue weighted by Gasteiger charge is -2.06. The van der Waals surface area contributed by atoms with Crippen LogP contribution in [-0.4, -0.2) is 9.97 Å². The summed E-state index contributed by atoms with van der Waals surface area (Å²) < 4.78 is 0. The van der Waals surface area contributed by atoms with Crippen LogP contribution in [0.15, 0.2) is 30.3 Å². The zero-order valence-electron chi connectivity index (χ0n) is 9.44. The average Bonchev–Trinajstić information content (AvgIpc) is 2.32. The maximum Gasteiger partial charge on any atom is 0.0944 e. The highest BCUT2D eigenvalue weighted by molar-refractivity contribution is 5.91. The molecule has 3 aromatic rings. The molecule has 4 heteroatoms. The Labute approximate surface area is 98.3 Å². The number of hydrogen-bond donors (Lipinski definition) is 2. The van der Waals surface area contributed by atoms with Crippen LogP contribution in [-0.2, 0) is 0 Å². The number of anilines is 2. The molecule has 0 aliphatic carbocycles. The molecule has 3 rings (SSSR count). The van der Waals surface area contributed by atoms with E-state index >= 15 is 0 Å². The lowest BCUT2D eigenvalue weighted by molar-refractivity contribution is 1.36. The topological polar surface area (TPSA) is 77.8 Å². The van der Waals surface area contributed by atoms with Crippen LogP contribution in [0.25, 0.3) is 22.1 Å². The molecule has 0 unspecified atom stereocenters. The standard InChI is InChI=1S/C13H12N4/c1-7-9(15)3-5-11-13(7)17-12-6-8(14)2-4-10(12)16-11/h2-6H,14-15H2,1H3. The zero-order chi connectivity index (χ0) is 12.0. The predicted octanol–water partition coefficient (Wildman–Crippen LogP) is 2.26. The van der Waals surface area contributed by atoms with E-state index in [0.717, 1.165) is 33.3 Å². The van der Waals surface area contributed by atoms with Crippen LogP contribution in [0, 0.1) is 6.92 Å². The molecule has 0 spiro atoms. The monoisotopic (exact) mass is 224 g/mol. The molecule has 2 aromatic carbocycles. The number of benzene rings is 2. The molecule has 17 heavy (non-hydrogen) atoms. The summed E-state index contributed by atoms with van der Waals surface area (Å²) in [5, 5.41) is 0.